The summed E-state index contributed by atoms with van der Waals surface area (Å²) in [5, 5.41) is 5.06. The van der Waals surface area contributed by atoms with Crippen LogP contribution in [0.15, 0.2) is 10.6 Å². The zero-order valence-corrected chi connectivity index (χ0v) is 8.51. The predicted octanol–water partition coefficient (Wildman–Crippen LogP) is 2.88. The van der Waals surface area contributed by atoms with Gasteiger partial charge in [-0.25, -0.2) is 0 Å². The Balaban J connectivity index is 1.93. The summed E-state index contributed by atoms with van der Waals surface area (Å²) in [6, 6.07) is 2.11. The van der Waals surface area contributed by atoms with Crippen LogP contribution >= 0.6 is 15.9 Å². The van der Waals surface area contributed by atoms with Gasteiger partial charge < -0.3 is 4.52 Å². The molecule has 1 aliphatic carbocycles. The molecule has 0 aliphatic heterocycles. The minimum Gasteiger partial charge on any atom is -0.361 e. The van der Waals surface area contributed by atoms with E-state index in [2.05, 4.69) is 27.2 Å². The van der Waals surface area contributed by atoms with Crippen LogP contribution in [0.25, 0.3) is 0 Å². The van der Waals surface area contributed by atoms with Crippen LogP contribution in [0.4, 0.5) is 0 Å². The molecule has 0 spiro atoms. The van der Waals surface area contributed by atoms with Gasteiger partial charge in [0.05, 0.1) is 5.69 Å². The second-order valence-electron chi connectivity index (χ2n) is 3.29. The van der Waals surface area contributed by atoms with Crippen molar-refractivity contribution in [1.82, 2.24) is 5.16 Å². The van der Waals surface area contributed by atoms with Gasteiger partial charge in [-0.2, -0.15) is 0 Å². The molecule has 1 heterocycles. The largest absolute Gasteiger partial charge is 0.361 e. The smallest absolute Gasteiger partial charge is 0.140 e. The molecule has 2 nitrogen and oxygen atoms in total. The maximum atomic E-state index is 5.22. The van der Waals surface area contributed by atoms with Crippen molar-refractivity contribution in [2.24, 2.45) is 0 Å². The number of aromatic nitrogens is 1. The van der Waals surface area contributed by atoms with E-state index in [0.717, 1.165) is 29.6 Å². The lowest BCUT2D eigenvalue weighted by molar-refractivity contribution is 0.378. The SMILES string of the molecule is BrCCCc1cc(C2CC2)on1. The number of aryl methyl sites for hydroxylation is 1. The molecule has 0 N–H and O–H groups in total. The molecule has 0 aromatic carbocycles. The van der Waals surface area contributed by atoms with E-state index < -0.39 is 0 Å². The molecule has 0 atom stereocenters. The Labute approximate surface area is 80.4 Å². The Morgan fingerprint density at radius 1 is 1.58 bits per heavy atom. The van der Waals surface area contributed by atoms with Crippen LogP contribution < -0.4 is 0 Å². The lowest BCUT2D eigenvalue weighted by Crippen LogP contribution is -1.84. The highest BCUT2D eigenvalue weighted by molar-refractivity contribution is 9.09. The third-order valence-electron chi connectivity index (χ3n) is 2.12. The van der Waals surface area contributed by atoms with E-state index in [4.69, 9.17) is 4.52 Å². The first-order valence-corrected chi connectivity index (χ1v) is 5.54. The molecule has 66 valence electrons. The monoisotopic (exact) mass is 229 g/mol. The van der Waals surface area contributed by atoms with E-state index >= 15 is 0 Å². The van der Waals surface area contributed by atoms with Gasteiger partial charge in [0.1, 0.15) is 5.76 Å². The molecule has 2 rings (SSSR count). The topological polar surface area (TPSA) is 26.0 Å². The number of hydrogen-bond acceptors (Lipinski definition) is 2. The van der Waals surface area contributed by atoms with Crippen molar-refractivity contribution in [3.05, 3.63) is 17.5 Å². The van der Waals surface area contributed by atoms with Crippen LogP contribution in [0.1, 0.15) is 36.6 Å². The van der Waals surface area contributed by atoms with Gasteiger partial charge in [0.2, 0.25) is 0 Å². The maximum absolute atomic E-state index is 5.22. The molecule has 0 amide bonds. The molecule has 0 unspecified atom stereocenters. The third-order valence-corrected chi connectivity index (χ3v) is 2.68. The molecule has 0 bridgehead atoms. The lowest BCUT2D eigenvalue weighted by atomic mass is 10.2. The second kappa shape index (κ2) is 3.60. The first-order chi connectivity index (χ1) is 5.90. The van der Waals surface area contributed by atoms with E-state index in [1.165, 1.54) is 12.8 Å². The van der Waals surface area contributed by atoms with E-state index in [9.17, 15) is 0 Å². The van der Waals surface area contributed by atoms with Gasteiger partial charge in [0.25, 0.3) is 0 Å². The van der Waals surface area contributed by atoms with Crippen molar-refractivity contribution < 1.29 is 4.52 Å². The molecule has 0 saturated heterocycles. The molecule has 1 fully saturated rings. The van der Waals surface area contributed by atoms with E-state index in [1.54, 1.807) is 0 Å². The van der Waals surface area contributed by atoms with Gasteiger partial charge >= 0.3 is 0 Å². The highest BCUT2D eigenvalue weighted by Crippen LogP contribution is 2.40. The first-order valence-electron chi connectivity index (χ1n) is 4.41. The van der Waals surface area contributed by atoms with E-state index in [-0.39, 0.29) is 0 Å². The molecular weight excluding hydrogens is 218 g/mol. The van der Waals surface area contributed by atoms with Crippen LogP contribution in [0.5, 0.6) is 0 Å². The standard InChI is InChI=1S/C9H12BrNO/c10-5-1-2-8-6-9(12-11-8)7-3-4-7/h6-7H,1-5H2. The number of nitrogens with zero attached hydrogens (tertiary/aromatic N) is 1. The highest BCUT2D eigenvalue weighted by Gasteiger charge is 2.27. The van der Waals surface area contributed by atoms with Crippen LogP contribution in [0, 0.1) is 0 Å². The summed E-state index contributed by atoms with van der Waals surface area (Å²) in [6.45, 7) is 0. The van der Waals surface area contributed by atoms with Gasteiger partial charge in [0.15, 0.2) is 0 Å². The normalized spacial score (nSPS) is 16.8. The summed E-state index contributed by atoms with van der Waals surface area (Å²) < 4.78 is 5.22. The van der Waals surface area contributed by atoms with Gasteiger partial charge in [-0.3, -0.25) is 0 Å². The Morgan fingerprint density at radius 3 is 3.08 bits per heavy atom. The summed E-state index contributed by atoms with van der Waals surface area (Å²) in [6.07, 6.45) is 4.73. The van der Waals surface area contributed by atoms with Crippen LogP contribution in [0.2, 0.25) is 0 Å². The van der Waals surface area contributed by atoms with Crippen LogP contribution in [-0.2, 0) is 6.42 Å². The summed E-state index contributed by atoms with van der Waals surface area (Å²) in [5.41, 5.74) is 1.11. The molecule has 1 aromatic rings. The highest BCUT2D eigenvalue weighted by atomic mass is 79.9. The Kier molecular flexibility index (Phi) is 2.49. The molecule has 1 aromatic heterocycles. The fourth-order valence-electron chi connectivity index (χ4n) is 1.25. The van der Waals surface area contributed by atoms with Crippen molar-refractivity contribution in [3.8, 4) is 0 Å². The fraction of sp³-hybridized carbons (Fsp3) is 0.667. The fourth-order valence-corrected chi connectivity index (χ4v) is 1.53. The molecule has 1 saturated carbocycles. The number of alkyl halides is 1. The molecule has 12 heavy (non-hydrogen) atoms. The van der Waals surface area contributed by atoms with E-state index in [1.807, 2.05) is 0 Å². The van der Waals surface area contributed by atoms with Crippen LogP contribution in [0.3, 0.4) is 0 Å². The molecule has 3 heteroatoms. The maximum Gasteiger partial charge on any atom is 0.140 e. The minimum atomic E-state index is 0.690. The van der Waals surface area contributed by atoms with Gasteiger partial charge in [0, 0.05) is 17.3 Å². The summed E-state index contributed by atoms with van der Waals surface area (Å²) in [5.74, 6) is 1.79. The van der Waals surface area contributed by atoms with Gasteiger partial charge in [-0.15, -0.1) is 0 Å². The number of halogens is 1. The third kappa shape index (κ3) is 1.89. The van der Waals surface area contributed by atoms with Crippen molar-refractivity contribution >= 4 is 15.9 Å². The quantitative estimate of drug-likeness (QED) is 0.743. The molecule has 0 radical (unpaired) electrons. The lowest BCUT2D eigenvalue weighted by Gasteiger charge is -1.87. The van der Waals surface area contributed by atoms with E-state index in [0.29, 0.717) is 5.92 Å². The van der Waals surface area contributed by atoms with Gasteiger partial charge in [-0.05, 0) is 25.7 Å². The zero-order valence-electron chi connectivity index (χ0n) is 6.92. The minimum absolute atomic E-state index is 0.690. The average molecular weight is 230 g/mol. The summed E-state index contributed by atoms with van der Waals surface area (Å²) in [4.78, 5) is 0. The summed E-state index contributed by atoms with van der Waals surface area (Å²) >= 11 is 3.40. The van der Waals surface area contributed by atoms with Crippen molar-refractivity contribution in [2.45, 2.75) is 31.6 Å². The second-order valence-corrected chi connectivity index (χ2v) is 4.08. The van der Waals surface area contributed by atoms with Crippen molar-refractivity contribution in [2.75, 3.05) is 5.33 Å². The number of rotatable bonds is 4. The first kappa shape index (κ1) is 8.30. The zero-order chi connectivity index (χ0) is 8.39. The number of hydrogen-bond donors (Lipinski definition) is 0. The Morgan fingerprint density at radius 2 is 2.42 bits per heavy atom. The van der Waals surface area contributed by atoms with Crippen molar-refractivity contribution in [3.63, 3.8) is 0 Å². The van der Waals surface area contributed by atoms with Crippen molar-refractivity contribution in [1.29, 1.82) is 0 Å². The van der Waals surface area contributed by atoms with Crippen LogP contribution in [-0.4, -0.2) is 10.5 Å². The van der Waals surface area contributed by atoms with Gasteiger partial charge in [-0.1, -0.05) is 21.1 Å². The average Bonchev–Trinajstić information content (AvgIpc) is 2.83. The summed E-state index contributed by atoms with van der Waals surface area (Å²) in [7, 11) is 0. The Bertz CT molecular complexity index is 255. The predicted molar refractivity (Wildman–Crippen MR) is 50.6 cm³/mol. The Hall–Kier alpha value is -0.310. The molecular formula is C9H12BrNO. The molecule has 1 aliphatic rings.